The lowest BCUT2D eigenvalue weighted by molar-refractivity contribution is -0.120. The Morgan fingerprint density at radius 3 is 2.94 bits per heavy atom. The zero-order valence-corrected chi connectivity index (χ0v) is 10.4. The molecule has 0 aromatic heterocycles. The van der Waals surface area contributed by atoms with Crippen molar-refractivity contribution in [2.45, 2.75) is 13.3 Å². The lowest BCUT2D eigenvalue weighted by Gasteiger charge is -2.30. The Labute approximate surface area is 106 Å². The van der Waals surface area contributed by atoms with E-state index in [1.54, 1.807) is 0 Å². The van der Waals surface area contributed by atoms with E-state index >= 15 is 0 Å². The third-order valence-corrected chi connectivity index (χ3v) is 2.88. The van der Waals surface area contributed by atoms with Gasteiger partial charge in [0.05, 0.1) is 17.9 Å². The molecule has 1 saturated heterocycles. The number of anilines is 2. The van der Waals surface area contributed by atoms with Gasteiger partial charge in [0.1, 0.15) is 0 Å². The first-order chi connectivity index (χ1) is 8.70. The lowest BCUT2D eigenvalue weighted by Crippen LogP contribution is -2.47. The van der Waals surface area contributed by atoms with Crippen molar-refractivity contribution in [3.8, 4) is 0 Å². The zero-order valence-electron chi connectivity index (χ0n) is 10.4. The molecule has 1 aromatic carbocycles. The Hall–Kier alpha value is -2.04. The van der Waals surface area contributed by atoms with Crippen LogP contribution in [-0.2, 0) is 9.59 Å². The summed E-state index contributed by atoms with van der Waals surface area (Å²) in [6.45, 7) is 3.53. The summed E-state index contributed by atoms with van der Waals surface area (Å²) >= 11 is 0. The van der Waals surface area contributed by atoms with Gasteiger partial charge in [-0.2, -0.15) is 0 Å². The molecule has 2 amide bonds. The first-order valence-corrected chi connectivity index (χ1v) is 6.11. The predicted molar refractivity (Wildman–Crippen MR) is 70.6 cm³/mol. The van der Waals surface area contributed by atoms with Crippen LogP contribution in [0, 0.1) is 0 Å². The first kappa shape index (κ1) is 12.4. The molecular weight excluding hydrogens is 230 g/mol. The Bertz CT molecular complexity index is 459. The van der Waals surface area contributed by atoms with Crippen LogP contribution in [0.4, 0.5) is 11.4 Å². The summed E-state index contributed by atoms with van der Waals surface area (Å²) in [5.41, 5.74) is 1.66. The van der Waals surface area contributed by atoms with Crippen molar-refractivity contribution in [3.63, 3.8) is 0 Å². The molecular formula is C13H17N3O2. The zero-order chi connectivity index (χ0) is 13.0. The van der Waals surface area contributed by atoms with Gasteiger partial charge in [-0.3, -0.25) is 9.59 Å². The number of carbonyl (C=O) groups excluding carboxylic acids is 2. The molecule has 0 bridgehead atoms. The second-order valence-corrected chi connectivity index (χ2v) is 4.19. The van der Waals surface area contributed by atoms with E-state index in [1.807, 2.05) is 36.1 Å². The molecule has 1 fully saturated rings. The fraction of sp³-hybridized carbons (Fsp3) is 0.385. The van der Waals surface area contributed by atoms with E-state index in [9.17, 15) is 9.59 Å². The molecule has 2 N–H and O–H groups in total. The first-order valence-electron chi connectivity index (χ1n) is 6.11. The maximum Gasteiger partial charge on any atom is 0.239 e. The topological polar surface area (TPSA) is 61.4 Å². The van der Waals surface area contributed by atoms with Crippen molar-refractivity contribution in [2.24, 2.45) is 0 Å². The Kier molecular flexibility index (Phi) is 3.82. The number of piperazine rings is 1. The normalized spacial score (nSPS) is 15.2. The van der Waals surface area contributed by atoms with E-state index in [0.717, 1.165) is 17.9 Å². The van der Waals surface area contributed by atoms with Gasteiger partial charge in [0.25, 0.3) is 0 Å². The largest absolute Gasteiger partial charge is 0.359 e. The second kappa shape index (κ2) is 5.53. The van der Waals surface area contributed by atoms with E-state index in [-0.39, 0.29) is 11.8 Å². The van der Waals surface area contributed by atoms with Crippen molar-refractivity contribution >= 4 is 23.2 Å². The summed E-state index contributed by atoms with van der Waals surface area (Å²) in [7, 11) is 0. The highest BCUT2D eigenvalue weighted by Gasteiger charge is 2.19. The van der Waals surface area contributed by atoms with Crippen molar-refractivity contribution in [1.82, 2.24) is 5.32 Å². The molecule has 0 atom stereocenters. The molecule has 1 aliphatic heterocycles. The highest BCUT2D eigenvalue weighted by atomic mass is 16.2. The van der Waals surface area contributed by atoms with Crippen molar-refractivity contribution in [3.05, 3.63) is 24.3 Å². The van der Waals surface area contributed by atoms with Crippen LogP contribution in [0.1, 0.15) is 13.3 Å². The van der Waals surface area contributed by atoms with Crippen molar-refractivity contribution in [2.75, 3.05) is 29.9 Å². The number of benzene rings is 1. The van der Waals surface area contributed by atoms with Gasteiger partial charge < -0.3 is 15.5 Å². The molecule has 1 heterocycles. The number of rotatable bonds is 3. The molecule has 1 aromatic rings. The molecule has 0 radical (unpaired) electrons. The van der Waals surface area contributed by atoms with Crippen LogP contribution in [0.15, 0.2) is 24.3 Å². The van der Waals surface area contributed by atoms with Gasteiger partial charge >= 0.3 is 0 Å². The Morgan fingerprint density at radius 1 is 1.44 bits per heavy atom. The number of nitrogens with zero attached hydrogens (tertiary/aromatic N) is 1. The molecule has 96 valence electrons. The lowest BCUT2D eigenvalue weighted by atomic mass is 10.2. The van der Waals surface area contributed by atoms with Gasteiger partial charge in [0, 0.05) is 19.5 Å². The highest BCUT2D eigenvalue weighted by Crippen LogP contribution is 2.25. The summed E-state index contributed by atoms with van der Waals surface area (Å²) in [4.78, 5) is 24.8. The van der Waals surface area contributed by atoms with Gasteiger partial charge in [-0.15, -0.1) is 0 Å². The smallest absolute Gasteiger partial charge is 0.239 e. The summed E-state index contributed by atoms with van der Waals surface area (Å²) in [6.07, 6.45) is 0.439. The van der Waals surface area contributed by atoms with Crippen LogP contribution in [0.3, 0.4) is 0 Å². The van der Waals surface area contributed by atoms with E-state index in [1.165, 1.54) is 0 Å². The number of para-hydroxylation sites is 2. The monoisotopic (exact) mass is 247 g/mol. The molecule has 5 heteroatoms. The van der Waals surface area contributed by atoms with Gasteiger partial charge in [0.15, 0.2) is 0 Å². The van der Waals surface area contributed by atoms with Crippen LogP contribution < -0.4 is 15.5 Å². The van der Waals surface area contributed by atoms with Gasteiger partial charge in [0.2, 0.25) is 11.8 Å². The van der Waals surface area contributed by atoms with Gasteiger partial charge in [-0.1, -0.05) is 19.1 Å². The molecule has 0 unspecified atom stereocenters. The van der Waals surface area contributed by atoms with Gasteiger partial charge in [-0.25, -0.2) is 0 Å². The van der Waals surface area contributed by atoms with Crippen LogP contribution in [0.2, 0.25) is 0 Å². The average molecular weight is 247 g/mol. The highest BCUT2D eigenvalue weighted by molar-refractivity contribution is 5.95. The van der Waals surface area contributed by atoms with Crippen LogP contribution in [0.25, 0.3) is 0 Å². The molecule has 5 nitrogen and oxygen atoms in total. The number of carbonyl (C=O) groups is 2. The minimum absolute atomic E-state index is 0.0119. The Balaban J connectivity index is 2.21. The molecule has 0 spiro atoms. The minimum atomic E-state index is -0.0242. The van der Waals surface area contributed by atoms with Crippen LogP contribution >= 0.6 is 0 Å². The van der Waals surface area contributed by atoms with E-state index < -0.39 is 0 Å². The summed E-state index contributed by atoms with van der Waals surface area (Å²) < 4.78 is 0. The number of amides is 2. The number of hydrogen-bond donors (Lipinski definition) is 2. The van der Waals surface area contributed by atoms with Crippen molar-refractivity contribution in [1.29, 1.82) is 0 Å². The summed E-state index contributed by atoms with van der Waals surface area (Å²) in [5, 5.41) is 5.65. The average Bonchev–Trinajstić information content (AvgIpc) is 2.39. The van der Waals surface area contributed by atoms with E-state index in [0.29, 0.717) is 19.5 Å². The number of hydrogen-bond acceptors (Lipinski definition) is 3. The fourth-order valence-electron chi connectivity index (χ4n) is 1.94. The second-order valence-electron chi connectivity index (χ2n) is 4.19. The van der Waals surface area contributed by atoms with E-state index in [2.05, 4.69) is 10.6 Å². The van der Waals surface area contributed by atoms with Crippen LogP contribution in [-0.4, -0.2) is 31.4 Å². The van der Waals surface area contributed by atoms with E-state index in [4.69, 9.17) is 0 Å². The predicted octanol–water partition coefficient (Wildman–Crippen LogP) is 0.971. The maximum atomic E-state index is 11.5. The molecule has 18 heavy (non-hydrogen) atoms. The summed E-state index contributed by atoms with van der Waals surface area (Å²) in [6, 6.07) is 7.56. The molecule has 2 rings (SSSR count). The minimum Gasteiger partial charge on any atom is -0.359 e. The molecule has 0 saturated carbocycles. The SMILES string of the molecule is CCC(=O)Nc1ccccc1N1CCNC(=O)C1. The molecule has 1 aliphatic rings. The Morgan fingerprint density at radius 2 is 2.22 bits per heavy atom. The number of nitrogens with one attached hydrogen (secondary N) is 2. The third-order valence-electron chi connectivity index (χ3n) is 2.88. The van der Waals surface area contributed by atoms with Crippen LogP contribution in [0.5, 0.6) is 0 Å². The quantitative estimate of drug-likeness (QED) is 0.836. The maximum absolute atomic E-state index is 11.5. The van der Waals surface area contributed by atoms with Crippen molar-refractivity contribution < 1.29 is 9.59 Å². The molecule has 0 aliphatic carbocycles. The fourth-order valence-corrected chi connectivity index (χ4v) is 1.94. The standard InChI is InChI=1S/C13H17N3O2/c1-2-12(17)15-10-5-3-4-6-11(10)16-8-7-14-13(18)9-16/h3-6H,2,7-9H2,1H3,(H,14,18)(H,15,17). The summed E-state index contributed by atoms with van der Waals surface area (Å²) in [5.74, 6) is -0.0122. The third kappa shape index (κ3) is 2.80. The van der Waals surface area contributed by atoms with Gasteiger partial charge in [-0.05, 0) is 12.1 Å².